The van der Waals surface area contributed by atoms with Crippen molar-refractivity contribution in [3.05, 3.63) is 34.7 Å². The molecule has 3 heterocycles. The number of aryl methyl sites for hydroxylation is 1. The van der Waals surface area contributed by atoms with E-state index in [0.717, 1.165) is 39.4 Å². The number of hydrogen-bond donors (Lipinski definition) is 4. The van der Waals surface area contributed by atoms with Gasteiger partial charge in [-0.05, 0) is 22.0 Å². The Hall–Kier alpha value is -2.63. The summed E-state index contributed by atoms with van der Waals surface area (Å²) in [6.07, 6.45) is -0.794. The van der Waals surface area contributed by atoms with Crippen LogP contribution >= 0.6 is 15.9 Å². The molecular formula is C14H14BrF3N6O2. The van der Waals surface area contributed by atoms with Crippen molar-refractivity contribution in [1.29, 1.82) is 0 Å². The van der Waals surface area contributed by atoms with Crippen LogP contribution in [0.2, 0.25) is 0 Å². The zero-order valence-electron chi connectivity index (χ0n) is 13.4. The summed E-state index contributed by atoms with van der Waals surface area (Å²) in [5.74, 6) is -0.957. The lowest BCUT2D eigenvalue weighted by Crippen LogP contribution is -2.21. The van der Waals surface area contributed by atoms with E-state index in [1.807, 2.05) is 12.3 Å². The number of rotatable bonds is 4. The van der Waals surface area contributed by atoms with Gasteiger partial charge in [-0.1, -0.05) is 6.92 Å². The number of nitrogens with one attached hydrogen (secondary N) is 3. The number of nitrogens with zero attached hydrogens (tertiary/aromatic N) is 3. The maximum absolute atomic E-state index is 10.6. The standard InChI is InChI=1S/C12H13BrN6.C2HF3O2/c1-2-10-14-4-7(18-10)5-15-11-8-3-9(13)19-12(8)17-6-16-11;3-2(4,5)1(6)7/h3-4,6H,2,5H2,1H3,(H,14,18)(H2,15,16,17,19);(H,6,7). The van der Waals surface area contributed by atoms with Crippen LogP contribution in [-0.2, 0) is 17.8 Å². The molecule has 0 unspecified atom stereocenters. The minimum absolute atomic E-state index is 0.655. The molecule has 12 heteroatoms. The van der Waals surface area contributed by atoms with Gasteiger partial charge in [-0.25, -0.2) is 19.7 Å². The number of carboxylic acids is 1. The molecular weight excluding hydrogens is 421 g/mol. The van der Waals surface area contributed by atoms with Crippen LogP contribution in [-0.4, -0.2) is 42.2 Å². The minimum atomic E-state index is -5.08. The molecule has 0 saturated carbocycles. The number of imidazole rings is 1. The highest BCUT2D eigenvalue weighted by molar-refractivity contribution is 9.10. The molecule has 0 aromatic carbocycles. The van der Waals surface area contributed by atoms with Gasteiger partial charge in [-0.3, -0.25) is 0 Å². The molecule has 0 bridgehead atoms. The quantitative estimate of drug-likeness (QED) is 0.500. The molecule has 4 N–H and O–H groups in total. The highest BCUT2D eigenvalue weighted by Crippen LogP contribution is 2.23. The van der Waals surface area contributed by atoms with E-state index in [1.165, 1.54) is 6.33 Å². The van der Waals surface area contributed by atoms with E-state index in [1.54, 1.807) is 0 Å². The molecule has 3 aromatic rings. The van der Waals surface area contributed by atoms with Crippen LogP contribution in [0.3, 0.4) is 0 Å². The fourth-order valence-corrected chi connectivity index (χ4v) is 2.32. The average Bonchev–Trinajstić information content (AvgIpc) is 3.17. The van der Waals surface area contributed by atoms with Gasteiger partial charge in [0.25, 0.3) is 0 Å². The van der Waals surface area contributed by atoms with Gasteiger partial charge in [0.1, 0.15) is 23.6 Å². The van der Waals surface area contributed by atoms with Gasteiger partial charge in [0.15, 0.2) is 0 Å². The predicted octanol–water partition coefficient (Wildman–Crippen LogP) is 3.25. The lowest BCUT2D eigenvalue weighted by molar-refractivity contribution is -0.192. The number of alkyl halides is 3. The van der Waals surface area contributed by atoms with Crippen LogP contribution in [0.4, 0.5) is 19.0 Å². The molecule has 0 aliphatic heterocycles. The number of anilines is 1. The van der Waals surface area contributed by atoms with Crippen LogP contribution in [0.1, 0.15) is 18.4 Å². The second-order valence-electron chi connectivity index (χ2n) is 4.97. The predicted molar refractivity (Wildman–Crippen MR) is 90.6 cm³/mol. The molecule has 0 aliphatic carbocycles. The molecule has 0 spiro atoms. The second-order valence-corrected chi connectivity index (χ2v) is 5.82. The third-order valence-electron chi connectivity index (χ3n) is 3.10. The van der Waals surface area contributed by atoms with Gasteiger partial charge >= 0.3 is 12.1 Å². The number of halogens is 4. The van der Waals surface area contributed by atoms with Crippen LogP contribution < -0.4 is 5.32 Å². The molecule has 0 aliphatic rings. The first-order valence-corrected chi connectivity index (χ1v) is 8.06. The van der Waals surface area contributed by atoms with Crippen molar-refractivity contribution in [3.8, 4) is 0 Å². The average molecular weight is 435 g/mol. The monoisotopic (exact) mass is 434 g/mol. The van der Waals surface area contributed by atoms with E-state index in [9.17, 15) is 13.2 Å². The minimum Gasteiger partial charge on any atom is -0.475 e. The molecule has 0 saturated heterocycles. The lowest BCUT2D eigenvalue weighted by Gasteiger charge is -2.04. The number of carbonyl (C=O) groups is 1. The zero-order valence-corrected chi connectivity index (χ0v) is 14.9. The van der Waals surface area contributed by atoms with E-state index in [2.05, 4.69) is 53.1 Å². The van der Waals surface area contributed by atoms with Crippen molar-refractivity contribution in [2.45, 2.75) is 26.1 Å². The number of aromatic nitrogens is 5. The molecule has 0 radical (unpaired) electrons. The van der Waals surface area contributed by atoms with E-state index >= 15 is 0 Å². The summed E-state index contributed by atoms with van der Waals surface area (Å²) in [6.45, 7) is 2.73. The Kier molecular flexibility index (Phi) is 6.18. The maximum atomic E-state index is 10.6. The van der Waals surface area contributed by atoms with Crippen LogP contribution in [0.5, 0.6) is 0 Å². The Morgan fingerprint density at radius 3 is 2.58 bits per heavy atom. The van der Waals surface area contributed by atoms with Gasteiger partial charge in [0.2, 0.25) is 0 Å². The summed E-state index contributed by atoms with van der Waals surface area (Å²) >= 11 is 3.40. The summed E-state index contributed by atoms with van der Waals surface area (Å²) in [5, 5.41) is 11.4. The summed E-state index contributed by atoms with van der Waals surface area (Å²) in [5.41, 5.74) is 1.85. The first-order chi connectivity index (χ1) is 12.2. The van der Waals surface area contributed by atoms with Gasteiger partial charge in [-0.15, -0.1) is 0 Å². The van der Waals surface area contributed by atoms with Crippen molar-refractivity contribution in [2.75, 3.05) is 5.32 Å². The maximum Gasteiger partial charge on any atom is 0.490 e. The van der Waals surface area contributed by atoms with E-state index in [4.69, 9.17) is 9.90 Å². The first kappa shape index (κ1) is 19.7. The molecule has 0 atom stereocenters. The first-order valence-electron chi connectivity index (χ1n) is 7.26. The van der Waals surface area contributed by atoms with Crippen molar-refractivity contribution in [3.63, 3.8) is 0 Å². The summed E-state index contributed by atoms with van der Waals surface area (Å²) in [4.78, 5) is 28.0. The molecule has 26 heavy (non-hydrogen) atoms. The van der Waals surface area contributed by atoms with Crippen molar-refractivity contribution < 1.29 is 23.1 Å². The summed E-state index contributed by atoms with van der Waals surface area (Å²) < 4.78 is 32.6. The Balaban J connectivity index is 0.000000298. The van der Waals surface area contributed by atoms with Crippen molar-refractivity contribution >= 4 is 38.8 Å². The Morgan fingerprint density at radius 1 is 1.31 bits per heavy atom. The van der Waals surface area contributed by atoms with E-state index < -0.39 is 12.1 Å². The van der Waals surface area contributed by atoms with Crippen molar-refractivity contribution in [2.24, 2.45) is 0 Å². The van der Waals surface area contributed by atoms with Gasteiger partial charge in [0.05, 0.1) is 28.4 Å². The second kappa shape index (κ2) is 8.17. The highest BCUT2D eigenvalue weighted by Gasteiger charge is 2.38. The summed E-state index contributed by atoms with van der Waals surface area (Å²) in [6, 6.07) is 1.96. The van der Waals surface area contributed by atoms with Crippen LogP contribution in [0.15, 0.2) is 23.2 Å². The van der Waals surface area contributed by atoms with Crippen molar-refractivity contribution in [1.82, 2.24) is 24.9 Å². The third kappa shape index (κ3) is 5.18. The van der Waals surface area contributed by atoms with E-state index in [0.29, 0.717) is 6.54 Å². The normalized spacial score (nSPS) is 11.1. The molecule has 3 rings (SSSR count). The molecule has 0 amide bonds. The number of fused-ring (bicyclic) bond motifs is 1. The molecule has 0 fully saturated rings. The Labute approximate surface area is 153 Å². The number of hydrogen-bond acceptors (Lipinski definition) is 5. The molecule has 8 nitrogen and oxygen atoms in total. The van der Waals surface area contributed by atoms with Gasteiger partial charge in [-0.2, -0.15) is 13.2 Å². The fraction of sp³-hybridized carbons (Fsp3) is 0.286. The summed E-state index contributed by atoms with van der Waals surface area (Å²) in [7, 11) is 0. The smallest absolute Gasteiger partial charge is 0.475 e. The number of aliphatic carboxylic acids is 1. The number of H-pyrrole nitrogens is 2. The Morgan fingerprint density at radius 2 is 2.00 bits per heavy atom. The molecule has 140 valence electrons. The number of carboxylic acid groups (broad SMARTS) is 1. The van der Waals surface area contributed by atoms with E-state index in [-0.39, 0.29) is 0 Å². The zero-order chi connectivity index (χ0) is 19.3. The van der Waals surface area contributed by atoms with Crippen LogP contribution in [0.25, 0.3) is 11.0 Å². The van der Waals surface area contributed by atoms with Crippen LogP contribution in [0, 0.1) is 0 Å². The third-order valence-corrected chi connectivity index (χ3v) is 3.52. The Bertz CT molecular complexity index is 892. The fourth-order valence-electron chi connectivity index (χ4n) is 1.90. The lowest BCUT2D eigenvalue weighted by atomic mass is 10.3. The molecule has 3 aromatic heterocycles. The van der Waals surface area contributed by atoms with Gasteiger partial charge < -0.3 is 20.4 Å². The SMILES string of the molecule is CCc1ncc(CNc2ncnc3[nH]c(Br)cc23)[nH]1.O=C(O)C(F)(F)F. The highest BCUT2D eigenvalue weighted by atomic mass is 79.9. The topological polar surface area (TPSA) is 120 Å². The largest absolute Gasteiger partial charge is 0.490 e. The van der Waals surface area contributed by atoms with Gasteiger partial charge in [0, 0.05) is 6.42 Å². The number of aromatic amines is 2.